The highest BCUT2D eigenvalue weighted by molar-refractivity contribution is 5.92. The van der Waals surface area contributed by atoms with Gasteiger partial charge in [0, 0.05) is 37.9 Å². The predicted octanol–water partition coefficient (Wildman–Crippen LogP) is 1.71. The number of carbonyl (C=O) groups excluding carboxylic acids is 1. The van der Waals surface area contributed by atoms with Gasteiger partial charge < -0.3 is 4.90 Å². The standard InChI is InChI=1S/C16H18N6O/c1-12-8-18-22(9-12)13-4-2-6-20(10-13)15(23)14-11-21-7-3-5-17-16(21)19-14/h3,5,7-9,11,13H,2,4,6,10H2,1H3. The Hall–Kier alpha value is -2.70. The molecule has 3 aromatic heterocycles. The molecule has 23 heavy (non-hydrogen) atoms. The maximum absolute atomic E-state index is 12.7. The van der Waals surface area contributed by atoms with Crippen LogP contribution >= 0.6 is 0 Å². The maximum atomic E-state index is 12.7. The first-order valence-corrected chi connectivity index (χ1v) is 7.80. The minimum atomic E-state index is -0.0379. The fourth-order valence-corrected chi connectivity index (χ4v) is 3.08. The SMILES string of the molecule is Cc1cnn(C2CCCN(C(=O)c3cn4cccnc4n3)C2)c1. The van der Waals surface area contributed by atoms with E-state index in [0.717, 1.165) is 24.9 Å². The van der Waals surface area contributed by atoms with Crippen molar-refractivity contribution >= 4 is 11.7 Å². The number of likely N-dealkylation sites (tertiary alicyclic amines) is 1. The number of piperidine rings is 1. The molecule has 1 aliphatic heterocycles. The maximum Gasteiger partial charge on any atom is 0.274 e. The third kappa shape index (κ3) is 2.58. The number of imidazole rings is 1. The van der Waals surface area contributed by atoms with E-state index in [1.807, 2.05) is 41.2 Å². The molecule has 1 aliphatic rings. The first kappa shape index (κ1) is 13.9. The fourth-order valence-electron chi connectivity index (χ4n) is 3.08. The van der Waals surface area contributed by atoms with Crippen LogP contribution < -0.4 is 0 Å². The van der Waals surface area contributed by atoms with Gasteiger partial charge in [-0.25, -0.2) is 9.97 Å². The van der Waals surface area contributed by atoms with Gasteiger partial charge in [0.2, 0.25) is 5.78 Å². The van der Waals surface area contributed by atoms with Gasteiger partial charge >= 0.3 is 0 Å². The van der Waals surface area contributed by atoms with Gasteiger partial charge in [0.25, 0.3) is 5.91 Å². The molecule has 1 saturated heterocycles. The largest absolute Gasteiger partial charge is 0.335 e. The highest BCUT2D eigenvalue weighted by Crippen LogP contribution is 2.22. The van der Waals surface area contributed by atoms with Crippen LogP contribution in [-0.4, -0.2) is 48.0 Å². The summed E-state index contributed by atoms with van der Waals surface area (Å²) in [6, 6.07) is 2.05. The zero-order valence-corrected chi connectivity index (χ0v) is 13.0. The Balaban J connectivity index is 1.55. The molecular formula is C16H18N6O. The summed E-state index contributed by atoms with van der Waals surface area (Å²) in [7, 11) is 0. The number of carbonyl (C=O) groups is 1. The van der Waals surface area contributed by atoms with Crippen molar-refractivity contribution in [3.05, 3.63) is 48.3 Å². The molecule has 1 atom stereocenters. The summed E-state index contributed by atoms with van der Waals surface area (Å²) in [5.41, 5.74) is 1.58. The van der Waals surface area contributed by atoms with E-state index in [2.05, 4.69) is 15.1 Å². The van der Waals surface area contributed by atoms with E-state index in [-0.39, 0.29) is 11.9 Å². The lowest BCUT2D eigenvalue weighted by molar-refractivity contribution is 0.0667. The van der Waals surface area contributed by atoms with Crippen LogP contribution in [0.1, 0.15) is 34.9 Å². The second kappa shape index (κ2) is 5.49. The lowest BCUT2D eigenvalue weighted by atomic mass is 10.1. The van der Waals surface area contributed by atoms with E-state index in [9.17, 15) is 4.79 Å². The van der Waals surface area contributed by atoms with Gasteiger partial charge in [-0.1, -0.05) is 0 Å². The number of nitrogens with zero attached hydrogens (tertiary/aromatic N) is 6. The fraction of sp³-hybridized carbons (Fsp3) is 0.375. The van der Waals surface area contributed by atoms with Crippen LogP contribution in [-0.2, 0) is 0 Å². The van der Waals surface area contributed by atoms with E-state index in [1.165, 1.54) is 0 Å². The van der Waals surface area contributed by atoms with Gasteiger partial charge in [0.05, 0.1) is 12.2 Å². The number of fused-ring (bicyclic) bond motifs is 1. The van der Waals surface area contributed by atoms with Crippen molar-refractivity contribution in [2.45, 2.75) is 25.8 Å². The van der Waals surface area contributed by atoms with Crippen molar-refractivity contribution in [1.29, 1.82) is 0 Å². The molecule has 0 aliphatic carbocycles. The van der Waals surface area contributed by atoms with Crippen molar-refractivity contribution in [2.75, 3.05) is 13.1 Å². The highest BCUT2D eigenvalue weighted by Gasteiger charge is 2.27. The topological polar surface area (TPSA) is 68.3 Å². The van der Waals surface area contributed by atoms with Gasteiger partial charge in [-0.15, -0.1) is 0 Å². The van der Waals surface area contributed by atoms with Crippen LogP contribution in [0.3, 0.4) is 0 Å². The monoisotopic (exact) mass is 310 g/mol. The molecule has 1 unspecified atom stereocenters. The zero-order chi connectivity index (χ0) is 15.8. The smallest absolute Gasteiger partial charge is 0.274 e. The van der Waals surface area contributed by atoms with Crippen molar-refractivity contribution in [2.24, 2.45) is 0 Å². The van der Waals surface area contributed by atoms with Crippen molar-refractivity contribution < 1.29 is 4.79 Å². The Labute approximate surface area is 133 Å². The van der Waals surface area contributed by atoms with E-state index < -0.39 is 0 Å². The Bertz CT molecular complexity index is 818. The minimum Gasteiger partial charge on any atom is -0.335 e. The van der Waals surface area contributed by atoms with Crippen molar-refractivity contribution in [1.82, 2.24) is 29.0 Å². The number of aryl methyl sites for hydroxylation is 1. The van der Waals surface area contributed by atoms with Gasteiger partial charge in [-0.2, -0.15) is 5.10 Å². The molecule has 0 N–H and O–H groups in total. The zero-order valence-electron chi connectivity index (χ0n) is 13.0. The molecule has 0 radical (unpaired) electrons. The molecule has 4 heterocycles. The molecule has 1 fully saturated rings. The van der Waals surface area contributed by atoms with Crippen molar-refractivity contribution in [3.63, 3.8) is 0 Å². The van der Waals surface area contributed by atoms with Gasteiger partial charge in [0.15, 0.2) is 0 Å². The molecule has 0 saturated carbocycles. The Morgan fingerprint density at radius 3 is 3.04 bits per heavy atom. The number of rotatable bonds is 2. The molecule has 118 valence electrons. The summed E-state index contributed by atoms with van der Waals surface area (Å²) in [6.45, 7) is 3.46. The van der Waals surface area contributed by atoms with Crippen LogP contribution in [0.2, 0.25) is 0 Å². The molecule has 7 nitrogen and oxygen atoms in total. The quantitative estimate of drug-likeness (QED) is 0.722. The van der Waals surface area contributed by atoms with Crippen LogP contribution in [0.15, 0.2) is 37.1 Å². The molecule has 0 aromatic carbocycles. The van der Waals surface area contributed by atoms with Gasteiger partial charge in [-0.05, 0) is 31.4 Å². The molecule has 1 amide bonds. The van der Waals surface area contributed by atoms with Crippen LogP contribution in [0.25, 0.3) is 5.78 Å². The molecule has 0 spiro atoms. The minimum absolute atomic E-state index is 0.0379. The summed E-state index contributed by atoms with van der Waals surface area (Å²) in [6.07, 6.45) is 11.2. The van der Waals surface area contributed by atoms with E-state index >= 15 is 0 Å². The Morgan fingerprint density at radius 1 is 1.35 bits per heavy atom. The molecule has 0 bridgehead atoms. The number of hydrogen-bond donors (Lipinski definition) is 0. The second-order valence-electron chi connectivity index (χ2n) is 6.00. The molecular weight excluding hydrogens is 292 g/mol. The molecule has 3 aromatic rings. The first-order valence-electron chi connectivity index (χ1n) is 7.80. The van der Waals surface area contributed by atoms with Crippen LogP contribution in [0.5, 0.6) is 0 Å². The van der Waals surface area contributed by atoms with Gasteiger partial charge in [-0.3, -0.25) is 13.9 Å². The third-order valence-corrected chi connectivity index (χ3v) is 4.24. The van der Waals surface area contributed by atoms with Gasteiger partial charge in [0.1, 0.15) is 5.69 Å². The average molecular weight is 310 g/mol. The van der Waals surface area contributed by atoms with E-state index in [4.69, 9.17) is 0 Å². The summed E-state index contributed by atoms with van der Waals surface area (Å²) in [5, 5.41) is 4.39. The number of amides is 1. The predicted molar refractivity (Wildman–Crippen MR) is 84.1 cm³/mol. The van der Waals surface area contributed by atoms with Crippen LogP contribution in [0.4, 0.5) is 0 Å². The Morgan fingerprint density at radius 2 is 2.26 bits per heavy atom. The lowest BCUT2D eigenvalue weighted by Gasteiger charge is -2.32. The summed E-state index contributed by atoms with van der Waals surface area (Å²) in [4.78, 5) is 23.1. The second-order valence-corrected chi connectivity index (χ2v) is 6.00. The Kier molecular flexibility index (Phi) is 3.33. The first-order chi connectivity index (χ1) is 11.2. The average Bonchev–Trinajstić information content (AvgIpc) is 3.20. The van der Waals surface area contributed by atoms with Crippen LogP contribution in [0, 0.1) is 6.92 Å². The third-order valence-electron chi connectivity index (χ3n) is 4.24. The summed E-state index contributed by atoms with van der Waals surface area (Å²) >= 11 is 0. The number of hydrogen-bond acceptors (Lipinski definition) is 4. The summed E-state index contributed by atoms with van der Waals surface area (Å²) in [5.74, 6) is 0.510. The molecule has 4 rings (SSSR count). The highest BCUT2D eigenvalue weighted by atomic mass is 16.2. The lowest BCUT2D eigenvalue weighted by Crippen LogP contribution is -2.41. The van der Waals surface area contributed by atoms with E-state index in [0.29, 0.717) is 18.0 Å². The van der Waals surface area contributed by atoms with Crippen molar-refractivity contribution in [3.8, 4) is 0 Å². The normalized spacial score (nSPS) is 18.5. The van der Waals surface area contributed by atoms with E-state index in [1.54, 1.807) is 16.8 Å². The number of aromatic nitrogens is 5. The summed E-state index contributed by atoms with van der Waals surface area (Å²) < 4.78 is 3.74. The molecule has 7 heteroatoms.